The Morgan fingerprint density at radius 1 is 1.35 bits per heavy atom. The third-order valence-electron chi connectivity index (χ3n) is 3.37. The maximum atomic E-state index is 9.97. The van der Waals surface area contributed by atoms with E-state index in [1.54, 1.807) is 0 Å². The standard InChI is InChI=1S/C10H15N5O5/c16-2-5-7(18)8(19)10(20-5)15-9-6(13-14-15)4(17)1-11-3-12-9/h3-5,7-8,10,16-19H,1-2H2,(H,11,12)/t4-,5-,7-,8-,10-/m1/s1. The summed E-state index contributed by atoms with van der Waals surface area (Å²) < 4.78 is 6.59. The van der Waals surface area contributed by atoms with E-state index in [2.05, 4.69) is 20.6 Å². The summed E-state index contributed by atoms with van der Waals surface area (Å²) in [7, 11) is 0. The highest BCUT2D eigenvalue weighted by Gasteiger charge is 2.45. The topological polar surface area (TPSA) is 145 Å². The van der Waals surface area contributed by atoms with Crippen LogP contribution in [-0.4, -0.2) is 73.2 Å². The molecular weight excluding hydrogens is 270 g/mol. The first-order chi connectivity index (χ1) is 9.63. The van der Waals surface area contributed by atoms with Gasteiger partial charge in [0.25, 0.3) is 0 Å². The Kier molecular flexibility index (Phi) is 3.40. The summed E-state index contributed by atoms with van der Waals surface area (Å²) in [5, 5.41) is 49.1. The van der Waals surface area contributed by atoms with Crippen LogP contribution in [-0.2, 0) is 4.74 Å². The van der Waals surface area contributed by atoms with Gasteiger partial charge in [0.15, 0.2) is 12.0 Å². The van der Waals surface area contributed by atoms with Crippen LogP contribution in [0, 0.1) is 0 Å². The minimum absolute atomic E-state index is 0.147. The van der Waals surface area contributed by atoms with Crippen molar-refractivity contribution in [3.63, 3.8) is 0 Å². The Morgan fingerprint density at radius 2 is 2.15 bits per heavy atom. The molecular formula is C10H15N5O5. The molecule has 0 radical (unpaired) electrons. The van der Waals surface area contributed by atoms with E-state index in [4.69, 9.17) is 9.84 Å². The second kappa shape index (κ2) is 5.07. The number of aliphatic hydroxyl groups excluding tert-OH is 4. The number of aliphatic hydroxyl groups is 4. The minimum Gasteiger partial charge on any atom is -0.394 e. The molecule has 1 aromatic rings. The summed E-state index contributed by atoms with van der Waals surface area (Å²) >= 11 is 0. The number of ether oxygens (including phenoxy) is 1. The molecule has 1 saturated heterocycles. The molecule has 2 aliphatic rings. The Hall–Kier alpha value is -1.59. The number of aromatic nitrogens is 3. The predicted octanol–water partition coefficient (Wildman–Crippen LogP) is -2.62. The zero-order chi connectivity index (χ0) is 14.3. The molecule has 0 bridgehead atoms. The quantitative estimate of drug-likeness (QED) is 0.397. The second-order valence-electron chi connectivity index (χ2n) is 4.65. The molecule has 20 heavy (non-hydrogen) atoms. The van der Waals surface area contributed by atoms with Gasteiger partial charge in [-0.2, -0.15) is 4.68 Å². The zero-order valence-electron chi connectivity index (χ0n) is 10.4. The maximum absolute atomic E-state index is 9.97. The van der Waals surface area contributed by atoms with Crippen LogP contribution in [0.1, 0.15) is 18.0 Å². The summed E-state index contributed by atoms with van der Waals surface area (Å²) in [5.41, 5.74) is 0.278. The first kappa shape index (κ1) is 13.4. The first-order valence-corrected chi connectivity index (χ1v) is 6.14. The number of anilines is 1. The summed E-state index contributed by atoms with van der Waals surface area (Å²) in [6.45, 7) is -0.280. The van der Waals surface area contributed by atoms with E-state index in [9.17, 15) is 15.3 Å². The molecule has 1 fully saturated rings. The van der Waals surface area contributed by atoms with Gasteiger partial charge in [-0.25, -0.2) is 0 Å². The van der Waals surface area contributed by atoms with Gasteiger partial charge in [0, 0.05) is 0 Å². The summed E-state index contributed by atoms with van der Waals surface area (Å²) in [6, 6.07) is 0. The molecule has 110 valence electrons. The van der Waals surface area contributed by atoms with Crippen molar-refractivity contribution < 1.29 is 25.2 Å². The van der Waals surface area contributed by atoms with Gasteiger partial charge < -0.3 is 30.5 Å². The number of nitrogens with one attached hydrogen (secondary N) is 1. The van der Waals surface area contributed by atoms with Crippen LogP contribution >= 0.6 is 0 Å². The monoisotopic (exact) mass is 285 g/mol. The predicted molar refractivity (Wildman–Crippen MR) is 65.0 cm³/mol. The van der Waals surface area contributed by atoms with E-state index in [0.717, 1.165) is 0 Å². The molecule has 1 aromatic heterocycles. The fourth-order valence-corrected chi connectivity index (χ4v) is 2.28. The molecule has 0 aliphatic carbocycles. The average Bonchev–Trinajstić information content (AvgIpc) is 2.92. The minimum atomic E-state index is -1.27. The third-order valence-corrected chi connectivity index (χ3v) is 3.37. The smallest absolute Gasteiger partial charge is 0.183 e. The number of rotatable bonds is 2. The van der Waals surface area contributed by atoms with E-state index >= 15 is 0 Å². The van der Waals surface area contributed by atoms with Crippen molar-refractivity contribution in [3.8, 4) is 0 Å². The number of nitrogens with zero attached hydrogens (tertiary/aromatic N) is 4. The highest BCUT2D eigenvalue weighted by molar-refractivity contribution is 5.76. The van der Waals surface area contributed by atoms with Gasteiger partial charge in [-0.05, 0) is 0 Å². The lowest BCUT2D eigenvalue weighted by Gasteiger charge is -2.17. The highest BCUT2D eigenvalue weighted by atomic mass is 16.6. The number of aliphatic imine (C=N–C) groups is 1. The number of hydrogen-bond acceptors (Lipinski definition) is 9. The van der Waals surface area contributed by atoms with E-state index < -0.39 is 37.3 Å². The number of fused-ring (bicyclic) bond motifs is 1. The molecule has 0 aromatic carbocycles. The van der Waals surface area contributed by atoms with Crippen molar-refractivity contribution in [2.75, 3.05) is 18.5 Å². The van der Waals surface area contributed by atoms with E-state index in [1.807, 2.05) is 0 Å². The number of hydrogen-bond donors (Lipinski definition) is 5. The van der Waals surface area contributed by atoms with Gasteiger partial charge >= 0.3 is 0 Å². The van der Waals surface area contributed by atoms with Crippen LogP contribution in [0.3, 0.4) is 0 Å². The normalized spacial score (nSPS) is 36.5. The van der Waals surface area contributed by atoms with Gasteiger partial charge in [0.2, 0.25) is 0 Å². The van der Waals surface area contributed by atoms with Crippen molar-refractivity contribution in [1.82, 2.24) is 15.0 Å². The molecule has 3 rings (SSSR count). The average molecular weight is 285 g/mol. The Balaban J connectivity index is 1.94. The molecule has 10 heteroatoms. The van der Waals surface area contributed by atoms with Crippen molar-refractivity contribution in [3.05, 3.63) is 5.69 Å². The van der Waals surface area contributed by atoms with Gasteiger partial charge in [-0.15, -0.1) is 5.10 Å². The summed E-state index contributed by atoms with van der Waals surface area (Å²) in [6.07, 6.45) is -3.94. The molecule has 5 atom stereocenters. The lowest BCUT2D eigenvalue weighted by atomic mass is 10.1. The molecule has 0 amide bonds. The maximum Gasteiger partial charge on any atom is 0.183 e. The van der Waals surface area contributed by atoms with Crippen LogP contribution in [0.2, 0.25) is 0 Å². The van der Waals surface area contributed by atoms with Crippen LogP contribution in [0.5, 0.6) is 0 Å². The first-order valence-electron chi connectivity index (χ1n) is 6.14. The van der Waals surface area contributed by atoms with Crippen LogP contribution < -0.4 is 5.32 Å². The van der Waals surface area contributed by atoms with Crippen molar-refractivity contribution in [1.29, 1.82) is 0 Å². The molecule has 2 aliphatic heterocycles. The van der Waals surface area contributed by atoms with Crippen LogP contribution in [0.4, 0.5) is 5.82 Å². The molecule has 0 saturated carbocycles. The Labute approximate surface area is 113 Å². The van der Waals surface area contributed by atoms with E-state index in [1.165, 1.54) is 11.0 Å². The third kappa shape index (κ3) is 1.98. The molecule has 5 N–H and O–H groups in total. The fourth-order valence-electron chi connectivity index (χ4n) is 2.28. The largest absolute Gasteiger partial charge is 0.394 e. The van der Waals surface area contributed by atoms with Gasteiger partial charge in [-0.3, -0.25) is 4.99 Å². The molecule has 10 nitrogen and oxygen atoms in total. The second-order valence-corrected chi connectivity index (χ2v) is 4.65. The summed E-state index contributed by atoms with van der Waals surface area (Å²) in [4.78, 5) is 3.91. The Morgan fingerprint density at radius 3 is 2.85 bits per heavy atom. The molecule has 0 unspecified atom stereocenters. The van der Waals surface area contributed by atoms with Gasteiger partial charge in [-0.1, -0.05) is 5.21 Å². The summed E-state index contributed by atoms with van der Waals surface area (Å²) in [5.74, 6) is 0.327. The van der Waals surface area contributed by atoms with E-state index in [0.29, 0.717) is 5.82 Å². The molecule has 3 heterocycles. The SMILES string of the molecule is OC[C@H]1O[C@@H](n2nnc3c2NC=NC[C@H]3O)[C@H](O)[C@@H]1O. The van der Waals surface area contributed by atoms with Crippen molar-refractivity contribution in [2.45, 2.75) is 30.6 Å². The van der Waals surface area contributed by atoms with Crippen molar-refractivity contribution >= 4 is 12.2 Å². The van der Waals surface area contributed by atoms with Crippen LogP contribution in [0.25, 0.3) is 0 Å². The lowest BCUT2D eigenvalue weighted by Crippen LogP contribution is -2.33. The molecule has 0 spiro atoms. The zero-order valence-corrected chi connectivity index (χ0v) is 10.4. The van der Waals surface area contributed by atoms with Crippen molar-refractivity contribution in [2.24, 2.45) is 4.99 Å². The van der Waals surface area contributed by atoms with E-state index in [-0.39, 0.29) is 12.2 Å². The highest BCUT2D eigenvalue weighted by Crippen LogP contribution is 2.33. The fraction of sp³-hybridized carbons (Fsp3) is 0.700. The Bertz CT molecular complexity index is 520. The van der Waals surface area contributed by atoms with Crippen LogP contribution in [0.15, 0.2) is 4.99 Å². The van der Waals surface area contributed by atoms with Gasteiger partial charge in [0.05, 0.1) is 19.5 Å². The lowest BCUT2D eigenvalue weighted by molar-refractivity contribution is -0.0582. The van der Waals surface area contributed by atoms with Gasteiger partial charge in [0.1, 0.15) is 30.1 Å².